The molecule has 3 rings (SSSR count). The molecule has 0 atom stereocenters. The molecule has 0 radical (unpaired) electrons. The third-order valence-electron chi connectivity index (χ3n) is 4.75. The molecule has 1 aliphatic rings. The van der Waals surface area contributed by atoms with E-state index in [1.54, 1.807) is 20.5 Å². The van der Waals surface area contributed by atoms with Gasteiger partial charge in [-0.05, 0) is 30.9 Å². The Morgan fingerprint density at radius 2 is 1.80 bits per heavy atom. The average molecular weight is 362 g/mol. The zero-order chi connectivity index (χ0) is 18.0. The van der Waals surface area contributed by atoms with Gasteiger partial charge in [-0.1, -0.05) is 9.62 Å². The van der Waals surface area contributed by atoms with Gasteiger partial charge in [-0.2, -0.15) is 0 Å². The minimum atomic E-state index is -1.92. The Bertz CT molecular complexity index is 859. The topological polar surface area (TPSA) is 82.3 Å². The Balaban J connectivity index is 1.87. The summed E-state index contributed by atoms with van der Waals surface area (Å²) in [4.78, 5) is 6.86. The Morgan fingerprint density at radius 3 is 2.40 bits per heavy atom. The van der Waals surface area contributed by atoms with Crippen molar-refractivity contribution >= 4 is 26.2 Å². The highest BCUT2D eigenvalue weighted by molar-refractivity contribution is 7.92. The van der Waals surface area contributed by atoms with Crippen molar-refractivity contribution < 1.29 is 9.47 Å². The molecule has 1 aromatic heterocycles. The standard InChI is InChI=1S/C18H26N4O2S/c1-23-17-10-14-15(11-18(17)24-2)21-7-4-16(14)22-8-5-13(6-9-22)12-25(3,19)20/h4,7,10-11,13,19-20H,5-6,8-9,12H2,1-3H3. The summed E-state index contributed by atoms with van der Waals surface area (Å²) < 4.78 is 26.6. The van der Waals surface area contributed by atoms with Gasteiger partial charge in [0.15, 0.2) is 11.5 Å². The van der Waals surface area contributed by atoms with Crippen molar-refractivity contribution in [2.75, 3.05) is 44.2 Å². The second kappa shape index (κ2) is 7.07. The number of aromatic nitrogens is 1. The molecule has 6 nitrogen and oxygen atoms in total. The Labute approximate surface area is 149 Å². The quantitative estimate of drug-likeness (QED) is 0.848. The van der Waals surface area contributed by atoms with E-state index in [-0.39, 0.29) is 0 Å². The summed E-state index contributed by atoms with van der Waals surface area (Å²) >= 11 is 0. The lowest BCUT2D eigenvalue weighted by Crippen LogP contribution is -2.35. The largest absolute Gasteiger partial charge is 0.493 e. The molecule has 0 saturated carbocycles. The first-order valence-electron chi connectivity index (χ1n) is 8.42. The number of pyridine rings is 1. The van der Waals surface area contributed by atoms with Crippen LogP contribution in [0.1, 0.15) is 12.8 Å². The van der Waals surface area contributed by atoms with Crippen LogP contribution in [0.4, 0.5) is 5.69 Å². The highest BCUT2D eigenvalue weighted by Gasteiger charge is 2.22. The second-order valence-electron chi connectivity index (χ2n) is 6.74. The molecule has 0 unspecified atom stereocenters. The summed E-state index contributed by atoms with van der Waals surface area (Å²) in [5.74, 6) is 2.62. The van der Waals surface area contributed by atoms with Gasteiger partial charge in [0.05, 0.1) is 19.7 Å². The first kappa shape index (κ1) is 17.8. The van der Waals surface area contributed by atoms with Crippen molar-refractivity contribution in [3.05, 3.63) is 24.4 Å². The molecule has 2 heterocycles. The van der Waals surface area contributed by atoms with Gasteiger partial charge in [-0.3, -0.25) is 14.5 Å². The highest BCUT2D eigenvalue weighted by Crippen LogP contribution is 2.36. The fourth-order valence-electron chi connectivity index (χ4n) is 3.55. The normalized spacial score (nSPS) is 16.2. The van der Waals surface area contributed by atoms with Gasteiger partial charge >= 0.3 is 0 Å². The molecule has 1 aliphatic heterocycles. The first-order valence-corrected chi connectivity index (χ1v) is 10.6. The summed E-state index contributed by atoms with van der Waals surface area (Å²) in [6.45, 7) is 1.90. The van der Waals surface area contributed by atoms with Crippen LogP contribution < -0.4 is 14.4 Å². The number of rotatable bonds is 5. The zero-order valence-corrected chi connectivity index (χ0v) is 15.9. The van der Waals surface area contributed by atoms with E-state index in [1.807, 2.05) is 18.3 Å². The summed E-state index contributed by atoms with van der Waals surface area (Å²) in [6, 6.07) is 5.97. The number of nitrogens with zero attached hydrogens (tertiary/aromatic N) is 2. The molecule has 136 valence electrons. The third-order valence-corrected chi connectivity index (χ3v) is 5.89. The smallest absolute Gasteiger partial charge is 0.162 e. The van der Waals surface area contributed by atoms with Gasteiger partial charge in [-0.25, -0.2) is 0 Å². The van der Waals surface area contributed by atoms with Crippen LogP contribution in [0.15, 0.2) is 24.4 Å². The molecule has 1 saturated heterocycles. The molecule has 2 N–H and O–H groups in total. The van der Waals surface area contributed by atoms with E-state index in [1.165, 1.54) is 0 Å². The molecule has 1 fully saturated rings. The number of methoxy groups -OCH3 is 2. The molecule has 0 spiro atoms. The van der Waals surface area contributed by atoms with Crippen LogP contribution in [0.2, 0.25) is 0 Å². The predicted octanol–water partition coefficient (Wildman–Crippen LogP) is 3.78. The average Bonchev–Trinajstić information content (AvgIpc) is 2.59. The number of benzene rings is 1. The van der Waals surface area contributed by atoms with Crippen LogP contribution in [0.3, 0.4) is 0 Å². The molecule has 0 bridgehead atoms. The van der Waals surface area contributed by atoms with Gasteiger partial charge < -0.3 is 14.4 Å². The van der Waals surface area contributed by atoms with Gasteiger partial charge in [0, 0.05) is 48.4 Å². The highest BCUT2D eigenvalue weighted by atomic mass is 32.2. The molecule has 25 heavy (non-hydrogen) atoms. The molecule has 0 aliphatic carbocycles. The molecule has 2 aromatic rings. The van der Waals surface area contributed by atoms with E-state index in [2.05, 4.69) is 16.0 Å². The second-order valence-corrected chi connectivity index (χ2v) is 9.25. The lowest BCUT2D eigenvalue weighted by Gasteiger charge is -2.34. The summed E-state index contributed by atoms with van der Waals surface area (Å²) in [6.07, 6.45) is 5.68. The number of nitrogens with one attached hydrogen (secondary N) is 2. The maximum absolute atomic E-state index is 7.88. The molecule has 7 heteroatoms. The molecule has 0 amide bonds. The zero-order valence-electron chi connectivity index (χ0n) is 15.0. The van der Waals surface area contributed by atoms with Crippen molar-refractivity contribution in [3.8, 4) is 11.5 Å². The minimum absolute atomic E-state index is 0.494. The minimum Gasteiger partial charge on any atom is -0.493 e. The fourth-order valence-corrected chi connectivity index (χ4v) is 4.82. The third kappa shape index (κ3) is 3.98. The lowest BCUT2D eigenvalue weighted by atomic mass is 9.98. The van der Waals surface area contributed by atoms with Crippen molar-refractivity contribution in [2.24, 2.45) is 5.92 Å². The Hall–Kier alpha value is -2.02. The predicted molar refractivity (Wildman–Crippen MR) is 103 cm³/mol. The maximum Gasteiger partial charge on any atom is 0.162 e. The Morgan fingerprint density at radius 1 is 1.16 bits per heavy atom. The summed E-state index contributed by atoms with van der Waals surface area (Å²) in [5.41, 5.74) is 2.06. The maximum atomic E-state index is 7.88. The number of ether oxygens (including phenoxy) is 2. The lowest BCUT2D eigenvalue weighted by molar-refractivity contribution is 0.356. The number of hydrogen-bond donors (Lipinski definition) is 2. The SMILES string of the molecule is COc1cc2nccc(N3CCC(CS(C)(=N)=N)CC3)c2cc1OC. The van der Waals surface area contributed by atoms with Crippen LogP contribution in [0.5, 0.6) is 11.5 Å². The first-order chi connectivity index (χ1) is 11.9. The van der Waals surface area contributed by atoms with Crippen LogP contribution in [-0.4, -0.2) is 44.3 Å². The van der Waals surface area contributed by atoms with E-state index in [9.17, 15) is 0 Å². The van der Waals surface area contributed by atoms with Crippen molar-refractivity contribution in [3.63, 3.8) is 0 Å². The van der Waals surface area contributed by atoms with E-state index in [4.69, 9.17) is 19.0 Å². The summed E-state index contributed by atoms with van der Waals surface area (Å²) in [7, 11) is 1.36. The van der Waals surface area contributed by atoms with Crippen LogP contribution in [0.25, 0.3) is 10.9 Å². The van der Waals surface area contributed by atoms with Gasteiger partial charge in [0.25, 0.3) is 0 Å². The van der Waals surface area contributed by atoms with Crippen molar-refractivity contribution in [1.82, 2.24) is 4.98 Å². The summed E-state index contributed by atoms with van der Waals surface area (Å²) in [5, 5.41) is 1.06. The number of anilines is 1. The van der Waals surface area contributed by atoms with Crippen LogP contribution in [-0.2, 0) is 9.62 Å². The van der Waals surface area contributed by atoms with E-state index in [0.29, 0.717) is 17.4 Å². The van der Waals surface area contributed by atoms with Crippen LogP contribution in [0, 0.1) is 15.5 Å². The van der Waals surface area contributed by atoms with E-state index in [0.717, 1.165) is 48.3 Å². The van der Waals surface area contributed by atoms with E-state index < -0.39 is 9.62 Å². The number of fused-ring (bicyclic) bond motifs is 1. The fraction of sp³-hybridized carbons (Fsp3) is 0.500. The van der Waals surface area contributed by atoms with Gasteiger partial charge in [0.2, 0.25) is 0 Å². The van der Waals surface area contributed by atoms with Gasteiger partial charge in [-0.15, -0.1) is 0 Å². The number of piperidine rings is 1. The van der Waals surface area contributed by atoms with E-state index >= 15 is 0 Å². The molecular weight excluding hydrogens is 336 g/mol. The van der Waals surface area contributed by atoms with Gasteiger partial charge in [0.1, 0.15) is 0 Å². The van der Waals surface area contributed by atoms with Crippen molar-refractivity contribution in [2.45, 2.75) is 12.8 Å². The Kier molecular flexibility index (Phi) is 5.03. The number of hydrogen-bond acceptors (Lipinski definition) is 6. The molecular formula is C18H26N4O2S. The monoisotopic (exact) mass is 362 g/mol. The van der Waals surface area contributed by atoms with Crippen molar-refractivity contribution in [1.29, 1.82) is 9.56 Å². The van der Waals surface area contributed by atoms with Crippen LogP contribution >= 0.6 is 0 Å². The molecule has 1 aromatic carbocycles.